The molecule has 0 saturated carbocycles. The molecule has 1 aromatic carbocycles. The highest BCUT2D eigenvalue weighted by Crippen LogP contribution is 2.29. The Labute approximate surface area is 88.1 Å². The van der Waals surface area contributed by atoms with Crippen molar-refractivity contribution in [3.05, 3.63) is 36.0 Å². The van der Waals surface area contributed by atoms with Crippen LogP contribution in [0.15, 0.2) is 30.5 Å². The van der Waals surface area contributed by atoms with Crippen LogP contribution in [0.3, 0.4) is 0 Å². The summed E-state index contributed by atoms with van der Waals surface area (Å²) in [5, 5.41) is 14.4. The molecule has 3 nitrogen and oxygen atoms in total. The van der Waals surface area contributed by atoms with Gasteiger partial charge in [-0.25, -0.2) is 0 Å². The van der Waals surface area contributed by atoms with Crippen molar-refractivity contribution in [1.82, 2.24) is 10.3 Å². The number of fused-ring (bicyclic) bond motifs is 1. The van der Waals surface area contributed by atoms with Crippen LogP contribution in [0.4, 0.5) is 0 Å². The van der Waals surface area contributed by atoms with Crippen molar-refractivity contribution in [2.24, 2.45) is 0 Å². The summed E-state index contributed by atoms with van der Waals surface area (Å²) >= 11 is 0. The summed E-state index contributed by atoms with van der Waals surface area (Å²) in [4.78, 5) is 3.23. The lowest BCUT2D eigenvalue weighted by Crippen LogP contribution is -2.20. The number of aromatic amines is 1. The molecule has 3 heteroatoms. The van der Waals surface area contributed by atoms with Crippen molar-refractivity contribution in [1.29, 1.82) is 0 Å². The fourth-order valence-corrected chi connectivity index (χ4v) is 2.36. The number of hydrogen-bond acceptors (Lipinski definition) is 2. The van der Waals surface area contributed by atoms with Gasteiger partial charge >= 0.3 is 0 Å². The molecule has 0 aliphatic carbocycles. The van der Waals surface area contributed by atoms with Crippen molar-refractivity contribution < 1.29 is 5.11 Å². The minimum absolute atomic E-state index is 0.0844. The van der Waals surface area contributed by atoms with Gasteiger partial charge in [-0.3, -0.25) is 0 Å². The Hall–Kier alpha value is -1.32. The van der Waals surface area contributed by atoms with E-state index >= 15 is 0 Å². The molecule has 1 aliphatic rings. The maximum Gasteiger partial charge on any atom is 0.0747 e. The van der Waals surface area contributed by atoms with Crippen LogP contribution >= 0.6 is 0 Å². The van der Waals surface area contributed by atoms with Crippen LogP contribution in [0, 0.1) is 0 Å². The van der Waals surface area contributed by atoms with Crippen LogP contribution in [-0.2, 0) is 0 Å². The molecule has 1 fully saturated rings. The monoisotopic (exact) mass is 202 g/mol. The van der Waals surface area contributed by atoms with Crippen LogP contribution in [0.1, 0.15) is 18.0 Å². The van der Waals surface area contributed by atoms with Gasteiger partial charge in [0.25, 0.3) is 0 Å². The molecule has 2 unspecified atom stereocenters. The number of nitrogens with one attached hydrogen (secondary N) is 2. The number of para-hydroxylation sites is 1. The molecule has 0 spiro atoms. The van der Waals surface area contributed by atoms with Crippen LogP contribution in [0.5, 0.6) is 0 Å². The molecule has 0 radical (unpaired) electrons. The normalized spacial score (nSPS) is 26.2. The van der Waals surface area contributed by atoms with Crippen molar-refractivity contribution in [3.8, 4) is 0 Å². The number of aliphatic hydroxyl groups is 1. The molecule has 1 saturated heterocycles. The Kier molecular flexibility index (Phi) is 2.01. The van der Waals surface area contributed by atoms with E-state index in [1.54, 1.807) is 0 Å². The molecule has 1 aromatic heterocycles. The van der Waals surface area contributed by atoms with Gasteiger partial charge in [0.1, 0.15) is 0 Å². The topological polar surface area (TPSA) is 48.0 Å². The Morgan fingerprint density at radius 2 is 2.13 bits per heavy atom. The van der Waals surface area contributed by atoms with Crippen molar-refractivity contribution >= 4 is 10.9 Å². The maximum atomic E-state index is 9.84. The van der Waals surface area contributed by atoms with Crippen molar-refractivity contribution in [2.45, 2.75) is 18.6 Å². The van der Waals surface area contributed by atoms with Gasteiger partial charge in [0.15, 0.2) is 0 Å². The van der Waals surface area contributed by atoms with E-state index in [-0.39, 0.29) is 12.1 Å². The minimum atomic E-state index is -0.260. The predicted octanol–water partition coefficient (Wildman–Crippen LogP) is 1.56. The number of aromatic nitrogens is 1. The molecule has 2 atom stereocenters. The van der Waals surface area contributed by atoms with Gasteiger partial charge in [0.2, 0.25) is 0 Å². The maximum absolute atomic E-state index is 9.84. The molecule has 0 bridgehead atoms. The molecule has 15 heavy (non-hydrogen) atoms. The third-order valence-corrected chi connectivity index (χ3v) is 3.15. The van der Waals surface area contributed by atoms with Crippen LogP contribution in [0.2, 0.25) is 0 Å². The van der Waals surface area contributed by atoms with Crippen LogP contribution in [0.25, 0.3) is 10.9 Å². The smallest absolute Gasteiger partial charge is 0.0747 e. The number of hydrogen-bond donors (Lipinski definition) is 3. The van der Waals surface area contributed by atoms with Gasteiger partial charge in [-0.2, -0.15) is 0 Å². The second-order valence-corrected chi connectivity index (χ2v) is 4.08. The van der Waals surface area contributed by atoms with Gasteiger partial charge in [-0.1, -0.05) is 18.2 Å². The van der Waals surface area contributed by atoms with Gasteiger partial charge in [-0.05, 0) is 24.6 Å². The summed E-state index contributed by atoms with van der Waals surface area (Å²) in [5.41, 5.74) is 2.31. The zero-order valence-electron chi connectivity index (χ0n) is 8.40. The van der Waals surface area contributed by atoms with E-state index in [0.717, 1.165) is 18.5 Å². The second-order valence-electron chi connectivity index (χ2n) is 4.08. The van der Waals surface area contributed by atoms with Crippen molar-refractivity contribution in [2.75, 3.05) is 6.54 Å². The number of aliphatic hydroxyl groups excluding tert-OH is 1. The fourth-order valence-electron chi connectivity index (χ4n) is 2.36. The van der Waals surface area contributed by atoms with Crippen LogP contribution < -0.4 is 5.32 Å². The standard InChI is InChI=1S/C12H14N2O/c15-11-5-6-13-12(11)9-7-14-10-4-2-1-3-8(9)10/h1-4,7,11-15H,5-6H2. The Morgan fingerprint density at radius 1 is 1.27 bits per heavy atom. The minimum Gasteiger partial charge on any atom is -0.391 e. The Morgan fingerprint density at radius 3 is 2.93 bits per heavy atom. The van der Waals surface area contributed by atoms with E-state index in [1.165, 1.54) is 10.9 Å². The summed E-state index contributed by atoms with van der Waals surface area (Å²) in [7, 11) is 0. The lowest BCUT2D eigenvalue weighted by atomic mass is 10.0. The first-order valence-electron chi connectivity index (χ1n) is 5.34. The third-order valence-electron chi connectivity index (χ3n) is 3.15. The Balaban J connectivity index is 2.10. The Bertz CT molecular complexity index is 477. The summed E-state index contributed by atoms with van der Waals surface area (Å²) in [6, 6.07) is 8.28. The number of benzene rings is 1. The largest absolute Gasteiger partial charge is 0.391 e. The van der Waals surface area contributed by atoms with E-state index in [9.17, 15) is 5.11 Å². The summed E-state index contributed by atoms with van der Waals surface area (Å²) < 4.78 is 0. The van der Waals surface area contributed by atoms with Gasteiger partial charge < -0.3 is 15.4 Å². The number of H-pyrrole nitrogens is 1. The highest BCUT2D eigenvalue weighted by atomic mass is 16.3. The average molecular weight is 202 g/mol. The zero-order valence-corrected chi connectivity index (χ0v) is 8.40. The zero-order chi connectivity index (χ0) is 10.3. The molecule has 1 aliphatic heterocycles. The molecule has 3 N–H and O–H groups in total. The van der Waals surface area contributed by atoms with Gasteiger partial charge in [-0.15, -0.1) is 0 Å². The highest BCUT2D eigenvalue weighted by Gasteiger charge is 2.27. The van der Waals surface area contributed by atoms with Gasteiger partial charge in [0, 0.05) is 17.1 Å². The molecular weight excluding hydrogens is 188 g/mol. The van der Waals surface area contributed by atoms with E-state index in [1.807, 2.05) is 18.3 Å². The second kappa shape index (κ2) is 3.36. The van der Waals surface area contributed by atoms with E-state index < -0.39 is 0 Å². The third kappa shape index (κ3) is 1.35. The first-order chi connectivity index (χ1) is 7.36. The molecule has 2 aromatic rings. The molecule has 78 valence electrons. The highest BCUT2D eigenvalue weighted by molar-refractivity contribution is 5.83. The summed E-state index contributed by atoms with van der Waals surface area (Å²) in [5.74, 6) is 0. The van der Waals surface area contributed by atoms with Crippen LogP contribution in [-0.4, -0.2) is 22.7 Å². The molecule has 2 heterocycles. The lowest BCUT2D eigenvalue weighted by molar-refractivity contribution is 0.160. The molecule has 0 amide bonds. The predicted molar refractivity (Wildman–Crippen MR) is 59.7 cm³/mol. The first kappa shape index (κ1) is 8.95. The SMILES string of the molecule is OC1CCNC1c1c[nH]c2ccccc12. The fraction of sp³-hybridized carbons (Fsp3) is 0.333. The van der Waals surface area contributed by atoms with Crippen molar-refractivity contribution in [3.63, 3.8) is 0 Å². The van der Waals surface area contributed by atoms with E-state index in [0.29, 0.717) is 0 Å². The van der Waals surface area contributed by atoms with Gasteiger partial charge in [0.05, 0.1) is 12.1 Å². The summed E-state index contributed by atoms with van der Waals surface area (Å²) in [6.45, 7) is 0.894. The number of rotatable bonds is 1. The summed E-state index contributed by atoms with van der Waals surface area (Å²) in [6.07, 6.45) is 2.57. The van der Waals surface area contributed by atoms with E-state index in [2.05, 4.69) is 22.4 Å². The first-order valence-corrected chi connectivity index (χ1v) is 5.34. The quantitative estimate of drug-likeness (QED) is 0.657. The lowest BCUT2D eigenvalue weighted by Gasteiger charge is -2.13. The average Bonchev–Trinajstić information content (AvgIpc) is 2.83. The van der Waals surface area contributed by atoms with E-state index in [4.69, 9.17) is 0 Å². The molecule has 3 rings (SSSR count). The molecular formula is C12H14N2O.